The summed E-state index contributed by atoms with van der Waals surface area (Å²) in [6.07, 6.45) is -31.9. The molecule has 0 saturated carbocycles. The number of carboxylic acid groups (broad SMARTS) is 1. The number of amides is 1. The van der Waals surface area contributed by atoms with E-state index in [-0.39, 0.29) is 6.61 Å². The van der Waals surface area contributed by atoms with Crippen molar-refractivity contribution >= 4 is 11.9 Å². The van der Waals surface area contributed by atoms with Crippen LogP contribution in [0.3, 0.4) is 0 Å². The first-order valence-corrected chi connectivity index (χ1v) is 16.3. The Morgan fingerprint density at radius 1 is 0.640 bits per heavy atom. The van der Waals surface area contributed by atoms with Crippen molar-refractivity contribution in [1.29, 1.82) is 0 Å². The fraction of sp³-hybridized carbons (Fsp3) is 0.931. The second-order valence-corrected chi connectivity index (χ2v) is 12.7. The lowest BCUT2D eigenvalue weighted by atomic mass is 9.94. The maximum Gasteiger partial charge on any atom is 0.335 e. The van der Waals surface area contributed by atoms with Gasteiger partial charge < -0.3 is 94.3 Å². The Balaban J connectivity index is 1.57. The summed E-state index contributed by atoms with van der Waals surface area (Å²) >= 11 is 0. The normalized spacial score (nSPS) is 48.6. The molecule has 50 heavy (non-hydrogen) atoms. The number of aliphatic carboxylic acids is 1. The molecule has 20 atom stereocenters. The van der Waals surface area contributed by atoms with Crippen LogP contribution >= 0.6 is 0 Å². The van der Waals surface area contributed by atoms with Crippen molar-refractivity contribution in [1.82, 2.24) is 5.32 Å². The van der Waals surface area contributed by atoms with Gasteiger partial charge in [-0.3, -0.25) is 4.79 Å². The number of rotatable bonds is 12. The highest BCUT2D eigenvalue weighted by Gasteiger charge is 2.56. The monoisotopic (exact) mass is 731 g/mol. The van der Waals surface area contributed by atoms with E-state index in [9.17, 15) is 60.7 Å². The van der Waals surface area contributed by atoms with Gasteiger partial charge in [-0.1, -0.05) is 6.92 Å². The number of carbonyl (C=O) groups is 2. The molecule has 11 N–H and O–H groups in total. The van der Waals surface area contributed by atoms with Gasteiger partial charge in [-0.25, -0.2) is 4.79 Å². The number of carbonyl (C=O) groups excluding carboxylic acids is 1. The van der Waals surface area contributed by atoms with Gasteiger partial charge in [0.05, 0.1) is 18.8 Å². The topological polar surface area (TPSA) is 322 Å². The second-order valence-electron chi connectivity index (χ2n) is 12.7. The zero-order valence-electron chi connectivity index (χ0n) is 27.7. The van der Waals surface area contributed by atoms with Crippen molar-refractivity contribution in [3.05, 3.63) is 0 Å². The summed E-state index contributed by atoms with van der Waals surface area (Å²) < 4.78 is 45.0. The third-order valence-electron chi connectivity index (χ3n) is 8.96. The number of carboxylic acids is 1. The maximum atomic E-state index is 12.5. The number of hydrogen-bond acceptors (Lipinski definition) is 19. The van der Waals surface area contributed by atoms with Crippen molar-refractivity contribution < 1.29 is 98.5 Å². The Bertz CT molecular complexity index is 1120. The molecule has 0 aromatic carbocycles. The second kappa shape index (κ2) is 17.4. The quantitative estimate of drug-likeness (QED) is 0.0890. The van der Waals surface area contributed by atoms with E-state index in [1.807, 2.05) is 0 Å². The number of ether oxygens (including phenoxy) is 8. The van der Waals surface area contributed by atoms with Crippen LogP contribution in [0.15, 0.2) is 0 Å². The number of aliphatic hydroxyl groups excluding tert-OH is 9. The van der Waals surface area contributed by atoms with Gasteiger partial charge in [0.2, 0.25) is 5.91 Å². The molecule has 4 fully saturated rings. The summed E-state index contributed by atoms with van der Waals surface area (Å²) in [5.74, 6) is -2.34. The lowest BCUT2D eigenvalue weighted by molar-refractivity contribution is -0.386. The predicted octanol–water partition coefficient (Wildman–Crippen LogP) is -6.02. The zero-order valence-corrected chi connectivity index (χ0v) is 27.7. The van der Waals surface area contributed by atoms with Crippen molar-refractivity contribution in [3.8, 4) is 0 Å². The first-order chi connectivity index (χ1) is 23.5. The van der Waals surface area contributed by atoms with Crippen molar-refractivity contribution in [2.45, 2.75) is 157 Å². The van der Waals surface area contributed by atoms with Gasteiger partial charge >= 0.3 is 5.97 Å². The molecule has 4 aliphatic heterocycles. The van der Waals surface area contributed by atoms with Crippen LogP contribution in [-0.2, 0) is 47.5 Å². The van der Waals surface area contributed by atoms with Crippen LogP contribution in [0.4, 0.5) is 0 Å². The molecule has 0 aromatic heterocycles. The summed E-state index contributed by atoms with van der Waals surface area (Å²) in [4.78, 5) is 24.5. The molecule has 8 unspecified atom stereocenters. The van der Waals surface area contributed by atoms with Gasteiger partial charge in [0.1, 0.15) is 79.3 Å². The van der Waals surface area contributed by atoms with Gasteiger partial charge in [-0.15, -0.1) is 0 Å². The van der Waals surface area contributed by atoms with E-state index < -0.39 is 141 Å². The van der Waals surface area contributed by atoms with Crippen LogP contribution in [0.25, 0.3) is 0 Å². The summed E-state index contributed by atoms with van der Waals surface area (Å²) in [7, 11) is 0. The molecule has 0 aliphatic carbocycles. The largest absolute Gasteiger partial charge is 0.479 e. The molecular formula is C29H49NO20. The average molecular weight is 732 g/mol. The molecule has 0 bridgehead atoms. The van der Waals surface area contributed by atoms with E-state index in [0.717, 1.165) is 6.92 Å². The molecule has 290 valence electrons. The van der Waals surface area contributed by atoms with E-state index in [0.29, 0.717) is 6.42 Å². The number of nitrogens with one attached hydrogen (secondary N) is 1. The van der Waals surface area contributed by atoms with Crippen molar-refractivity contribution in [3.63, 3.8) is 0 Å². The standard InChI is InChI=1S/C29H49NO20/c1-5-6-43-26-12(30-10(4)32)21(15(35)11(7-31)46-26)47-28-20(40)18(38)22(24(50-28)25(41)42)48-29-23(17(37)14(34)9(3)45-29)49-27-19(39)16(36)13(33)8(2)44-27/h8-9,11-24,26-29,31,33-40H,5-7H2,1-4H3,(H,30,32)(H,41,42)/t8-,9-,11?,12?,13-,14-,15-,16?,17?,18+,19?,20?,21+,22+,23?,24?,26+,27-,28+,29-/m0/s1. The van der Waals surface area contributed by atoms with E-state index in [2.05, 4.69) is 5.32 Å². The molecule has 1 amide bonds. The first-order valence-electron chi connectivity index (χ1n) is 16.3. The van der Waals surface area contributed by atoms with E-state index in [4.69, 9.17) is 37.9 Å². The molecular weight excluding hydrogens is 682 g/mol. The Labute approximate surface area is 286 Å². The molecule has 21 heteroatoms. The Morgan fingerprint density at radius 2 is 1.16 bits per heavy atom. The molecule has 4 heterocycles. The third-order valence-corrected chi connectivity index (χ3v) is 8.96. The highest BCUT2D eigenvalue weighted by atomic mass is 16.8. The fourth-order valence-electron chi connectivity index (χ4n) is 6.14. The summed E-state index contributed by atoms with van der Waals surface area (Å²) in [6, 6.07) is -1.27. The minimum atomic E-state index is -2.15. The van der Waals surface area contributed by atoms with Gasteiger partial charge in [0.25, 0.3) is 0 Å². The molecule has 4 aliphatic rings. The predicted molar refractivity (Wildman–Crippen MR) is 157 cm³/mol. The third kappa shape index (κ3) is 8.72. The van der Waals surface area contributed by atoms with Crippen molar-refractivity contribution in [2.24, 2.45) is 0 Å². The SMILES string of the molecule is CCCO[C@@H]1OC(CO)[C@H](O)[C@H](O[C@@H]2OC(C(=O)O)[C@H](O[C@@H]3O[C@@H](C)[C@H](O)C(O)C3O[C@@H]3O[C@@H](C)[C@H](O)C(O)C3O)[C@H](O)C2O)C1NC(C)=O. The average Bonchev–Trinajstić information content (AvgIpc) is 3.06. The lowest BCUT2D eigenvalue weighted by Gasteiger charge is -2.49. The van der Waals surface area contributed by atoms with E-state index >= 15 is 0 Å². The van der Waals surface area contributed by atoms with E-state index in [1.54, 1.807) is 6.92 Å². The highest BCUT2D eigenvalue weighted by molar-refractivity contribution is 5.74. The molecule has 4 saturated heterocycles. The Kier molecular flexibility index (Phi) is 14.3. The van der Waals surface area contributed by atoms with Gasteiger partial charge in [0.15, 0.2) is 31.3 Å². The highest BCUT2D eigenvalue weighted by Crippen LogP contribution is 2.35. The lowest BCUT2D eigenvalue weighted by Crippen LogP contribution is -2.69. The molecule has 4 rings (SSSR count). The molecule has 0 radical (unpaired) electrons. The zero-order chi connectivity index (χ0) is 37.2. The smallest absolute Gasteiger partial charge is 0.335 e. The van der Waals surface area contributed by atoms with E-state index in [1.165, 1.54) is 13.8 Å². The minimum absolute atomic E-state index is 0.134. The Hall–Kier alpha value is -1.74. The molecule has 0 spiro atoms. The summed E-state index contributed by atoms with van der Waals surface area (Å²) in [6.45, 7) is 5.05. The van der Waals surface area contributed by atoms with Crippen LogP contribution < -0.4 is 5.32 Å². The number of aliphatic hydroxyl groups is 9. The Morgan fingerprint density at radius 3 is 1.74 bits per heavy atom. The summed E-state index contributed by atoms with van der Waals surface area (Å²) in [5, 5.41) is 108. The number of hydrogen-bond donors (Lipinski definition) is 11. The van der Waals surface area contributed by atoms with Crippen LogP contribution in [0.2, 0.25) is 0 Å². The molecule has 0 aromatic rings. The van der Waals surface area contributed by atoms with Gasteiger partial charge in [-0.2, -0.15) is 0 Å². The van der Waals surface area contributed by atoms with Gasteiger partial charge in [0, 0.05) is 13.5 Å². The molecule has 21 nitrogen and oxygen atoms in total. The maximum absolute atomic E-state index is 12.5. The van der Waals surface area contributed by atoms with Crippen LogP contribution in [0.5, 0.6) is 0 Å². The minimum Gasteiger partial charge on any atom is -0.479 e. The fourth-order valence-corrected chi connectivity index (χ4v) is 6.14. The van der Waals surface area contributed by atoms with Crippen LogP contribution in [0, 0.1) is 0 Å². The summed E-state index contributed by atoms with van der Waals surface area (Å²) in [5.41, 5.74) is 0. The van der Waals surface area contributed by atoms with Crippen molar-refractivity contribution in [2.75, 3.05) is 13.2 Å². The van der Waals surface area contributed by atoms with Gasteiger partial charge in [-0.05, 0) is 20.3 Å². The van der Waals surface area contributed by atoms with Crippen LogP contribution in [0.1, 0.15) is 34.1 Å². The van der Waals surface area contributed by atoms with Crippen LogP contribution in [-0.4, -0.2) is 199 Å². The first kappa shape index (κ1) is 41.0.